The smallest absolute Gasteiger partial charge is 0.0449 e. The van der Waals surface area contributed by atoms with E-state index in [2.05, 4.69) is 30.2 Å². The fourth-order valence-corrected chi connectivity index (χ4v) is 1.66. The molecule has 0 atom stereocenters. The molecule has 94 valence electrons. The Morgan fingerprint density at radius 1 is 0.684 bits per heavy atom. The molecule has 0 bridgehead atoms. The lowest BCUT2D eigenvalue weighted by molar-refractivity contribution is 1.28. The van der Waals surface area contributed by atoms with Gasteiger partial charge in [-0.25, -0.2) is 0 Å². The molecule has 0 radical (unpaired) electrons. The largest absolute Gasteiger partial charge is 0.324 e. The molecule has 1 aliphatic rings. The Morgan fingerprint density at radius 2 is 1.21 bits per heavy atom. The molecule has 0 aliphatic carbocycles. The summed E-state index contributed by atoms with van der Waals surface area (Å²) in [6.07, 6.45) is 15.8. The monoisotopic (exact) mass is 247 g/mol. The summed E-state index contributed by atoms with van der Waals surface area (Å²) >= 11 is 0. The van der Waals surface area contributed by atoms with Crippen molar-refractivity contribution in [2.75, 3.05) is 4.90 Å². The van der Waals surface area contributed by atoms with Crippen molar-refractivity contribution in [1.82, 2.24) is 0 Å². The summed E-state index contributed by atoms with van der Waals surface area (Å²) in [5.74, 6) is 0. The second-order valence-corrected chi connectivity index (χ2v) is 4.19. The van der Waals surface area contributed by atoms with E-state index in [1.165, 1.54) is 0 Å². The maximum Gasteiger partial charge on any atom is 0.0449 e. The van der Waals surface area contributed by atoms with E-state index in [0.29, 0.717) is 0 Å². The van der Waals surface area contributed by atoms with Crippen LogP contribution in [0.15, 0.2) is 103 Å². The fourth-order valence-electron chi connectivity index (χ4n) is 1.66. The maximum absolute atomic E-state index is 3.97. The van der Waals surface area contributed by atoms with E-state index in [4.69, 9.17) is 0 Å². The Morgan fingerprint density at radius 3 is 1.74 bits per heavy atom. The van der Waals surface area contributed by atoms with Gasteiger partial charge in [0.05, 0.1) is 0 Å². The first-order valence-corrected chi connectivity index (χ1v) is 6.19. The van der Waals surface area contributed by atoms with Crippen LogP contribution >= 0.6 is 0 Å². The Balaban J connectivity index is 2.30. The zero-order valence-corrected chi connectivity index (χ0v) is 10.9. The van der Waals surface area contributed by atoms with Gasteiger partial charge in [-0.05, 0) is 35.4 Å². The minimum atomic E-state index is 0.919. The third-order valence-corrected chi connectivity index (χ3v) is 2.78. The predicted molar refractivity (Wildman–Crippen MR) is 83.8 cm³/mol. The van der Waals surface area contributed by atoms with Gasteiger partial charge in [0.25, 0.3) is 0 Å². The molecular formula is C18H17N. The van der Waals surface area contributed by atoms with Crippen molar-refractivity contribution >= 4 is 5.69 Å². The van der Waals surface area contributed by atoms with E-state index in [0.717, 1.165) is 16.8 Å². The molecule has 0 amide bonds. The third-order valence-electron chi connectivity index (χ3n) is 2.78. The normalized spacial score (nSPS) is 22.4. The van der Waals surface area contributed by atoms with Gasteiger partial charge >= 0.3 is 0 Å². The molecule has 1 aromatic carbocycles. The Kier molecular flexibility index (Phi) is 4.35. The van der Waals surface area contributed by atoms with E-state index in [-0.39, 0.29) is 0 Å². The maximum atomic E-state index is 3.97. The van der Waals surface area contributed by atoms with Crippen molar-refractivity contribution in [3.05, 3.63) is 103 Å². The number of para-hydroxylation sites is 1. The van der Waals surface area contributed by atoms with Crippen molar-refractivity contribution in [3.8, 4) is 0 Å². The summed E-state index contributed by atoms with van der Waals surface area (Å²) in [6.45, 7) is 7.94. The van der Waals surface area contributed by atoms with Gasteiger partial charge in [-0.1, -0.05) is 55.7 Å². The molecule has 19 heavy (non-hydrogen) atoms. The SMILES string of the molecule is C=C1/C=C\C=C/N(c2ccccc2)/C=C\C=C/C1=C. The molecule has 1 heteroatoms. The molecular weight excluding hydrogens is 230 g/mol. The van der Waals surface area contributed by atoms with Crippen LogP contribution in [-0.4, -0.2) is 0 Å². The molecule has 1 aliphatic heterocycles. The first-order valence-electron chi connectivity index (χ1n) is 6.19. The van der Waals surface area contributed by atoms with Crippen molar-refractivity contribution in [2.24, 2.45) is 0 Å². The highest BCUT2D eigenvalue weighted by molar-refractivity contribution is 5.53. The number of hydrogen-bond acceptors (Lipinski definition) is 1. The first-order chi connectivity index (χ1) is 9.27. The van der Waals surface area contributed by atoms with Crippen LogP contribution in [0, 0.1) is 0 Å². The van der Waals surface area contributed by atoms with Gasteiger partial charge in [-0.15, -0.1) is 0 Å². The van der Waals surface area contributed by atoms with E-state index in [1.54, 1.807) is 0 Å². The van der Waals surface area contributed by atoms with Gasteiger partial charge in [0.1, 0.15) is 0 Å². The first kappa shape index (κ1) is 12.9. The highest BCUT2D eigenvalue weighted by Crippen LogP contribution is 2.15. The fraction of sp³-hybridized carbons (Fsp3) is 0. The Hall–Kier alpha value is -2.54. The van der Waals surface area contributed by atoms with Crippen molar-refractivity contribution < 1.29 is 0 Å². The molecule has 0 saturated heterocycles. The van der Waals surface area contributed by atoms with Crippen LogP contribution in [0.1, 0.15) is 0 Å². The van der Waals surface area contributed by atoms with Crippen LogP contribution in [0.25, 0.3) is 0 Å². The van der Waals surface area contributed by atoms with Crippen molar-refractivity contribution in [1.29, 1.82) is 0 Å². The summed E-state index contributed by atoms with van der Waals surface area (Å²) in [5.41, 5.74) is 2.96. The number of allylic oxidation sites excluding steroid dienone is 8. The van der Waals surface area contributed by atoms with Crippen molar-refractivity contribution in [3.63, 3.8) is 0 Å². The summed E-state index contributed by atoms with van der Waals surface area (Å²) in [7, 11) is 0. The van der Waals surface area contributed by atoms with E-state index in [9.17, 15) is 0 Å². The number of nitrogens with zero attached hydrogens (tertiary/aromatic N) is 1. The summed E-state index contributed by atoms with van der Waals surface area (Å²) < 4.78 is 0. The number of rotatable bonds is 1. The summed E-state index contributed by atoms with van der Waals surface area (Å²) in [5, 5.41) is 0. The van der Waals surface area contributed by atoms with Gasteiger partial charge in [0.15, 0.2) is 0 Å². The highest BCUT2D eigenvalue weighted by Gasteiger charge is 1.97. The second kappa shape index (κ2) is 6.41. The Labute approximate surface area is 114 Å². The van der Waals surface area contributed by atoms with Crippen LogP contribution < -0.4 is 4.90 Å². The van der Waals surface area contributed by atoms with Crippen LogP contribution in [0.2, 0.25) is 0 Å². The standard InChI is InChI=1S/C18H17N/c1-16-10-6-8-14-19(15-9-7-11-17(16)2)18-12-4-3-5-13-18/h3-15H,1-2H2/b10-6-,11-7-,14-8-,15-9-. The minimum Gasteiger partial charge on any atom is -0.324 e. The molecule has 1 heterocycles. The zero-order valence-electron chi connectivity index (χ0n) is 10.9. The van der Waals surface area contributed by atoms with Gasteiger partial charge in [0.2, 0.25) is 0 Å². The molecule has 0 spiro atoms. The quantitative estimate of drug-likeness (QED) is 0.691. The van der Waals surface area contributed by atoms with Gasteiger partial charge in [-0.3, -0.25) is 0 Å². The molecule has 0 fully saturated rings. The second-order valence-electron chi connectivity index (χ2n) is 4.19. The molecule has 0 N–H and O–H groups in total. The molecule has 0 saturated carbocycles. The van der Waals surface area contributed by atoms with Crippen LogP contribution in [-0.2, 0) is 0 Å². The lowest BCUT2D eigenvalue weighted by Crippen LogP contribution is -2.05. The lowest BCUT2D eigenvalue weighted by atomic mass is 10.1. The molecule has 1 aromatic rings. The van der Waals surface area contributed by atoms with Gasteiger partial charge < -0.3 is 4.90 Å². The van der Waals surface area contributed by atoms with E-state index < -0.39 is 0 Å². The zero-order chi connectivity index (χ0) is 13.5. The summed E-state index contributed by atoms with van der Waals surface area (Å²) in [4.78, 5) is 2.06. The predicted octanol–water partition coefficient (Wildman–Crippen LogP) is 4.76. The van der Waals surface area contributed by atoms with E-state index in [1.807, 2.05) is 67.1 Å². The third kappa shape index (κ3) is 3.71. The van der Waals surface area contributed by atoms with Gasteiger partial charge in [-0.2, -0.15) is 0 Å². The van der Waals surface area contributed by atoms with Crippen LogP contribution in [0.4, 0.5) is 5.69 Å². The van der Waals surface area contributed by atoms with Crippen LogP contribution in [0.5, 0.6) is 0 Å². The Bertz CT molecular complexity index is 537. The molecule has 2 rings (SSSR count). The number of benzene rings is 1. The molecule has 1 nitrogen and oxygen atoms in total. The van der Waals surface area contributed by atoms with E-state index >= 15 is 0 Å². The number of hydrogen-bond donors (Lipinski definition) is 0. The van der Waals surface area contributed by atoms with Gasteiger partial charge in [0, 0.05) is 18.1 Å². The number of anilines is 1. The molecule has 0 unspecified atom stereocenters. The summed E-state index contributed by atoms with van der Waals surface area (Å²) in [6, 6.07) is 10.2. The topological polar surface area (TPSA) is 3.24 Å². The minimum absolute atomic E-state index is 0.919. The van der Waals surface area contributed by atoms with Crippen molar-refractivity contribution in [2.45, 2.75) is 0 Å². The van der Waals surface area contributed by atoms with Crippen LogP contribution in [0.3, 0.4) is 0 Å². The average Bonchev–Trinajstić information content (AvgIpc) is 2.48. The highest BCUT2D eigenvalue weighted by atomic mass is 15.1. The average molecular weight is 247 g/mol. The molecule has 0 aromatic heterocycles. The lowest BCUT2D eigenvalue weighted by Gasteiger charge is -2.14.